The molecule has 0 spiro atoms. The lowest BCUT2D eigenvalue weighted by molar-refractivity contribution is 0.00578. The number of aromatic nitrogens is 1. The standard InChI is InChI=1S/C13H18BN3O2/c1-12(2)13(3,4)19-14(18-12)11-9(5-6-15)7-10(16)8-17-11/h7-8H,5,16H2,1-4H3. The van der Waals surface area contributed by atoms with Crippen molar-refractivity contribution in [3.63, 3.8) is 0 Å². The third-order valence-electron chi connectivity index (χ3n) is 3.77. The van der Waals surface area contributed by atoms with Crippen molar-refractivity contribution in [1.29, 1.82) is 5.26 Å². The molecular formula is C13H18BN3O2. The molecule has 2 rings (SSSR count). The minimum Gasteiger partial charge on any atom is -0.398 e. The van der Waals surface area contributed by atoms with E-state index in [0.29, 0.717) is 11.3 Å². The maximum absolute atomic E-state index is 8.88. The van der Waals surface area contributed by atoms with Gasteiger partial charge in [0.25, 0.3) is 0 Å². The van der Waals surface area contributed by atoms with Gasteiger partial charge >= 0.3 is 7.12 Å². The lowest BCUT2D eigenvalue weighted by atomic mass is 9.80. The molecule has 2 heterocycles. The van der Waals surface area contributed by atoms with Crippen LogP contribution in [0.1, 0.15) is 33.3 Å². The predicted molar refractivity (Wildman–Crippen MR) is 73.7 cm³/mol. The number of nitrogen functional groups attached to an aromatic ring is 1. The molecule has 0 aromatic carbocycles. The Labute approximate surface area is 113 Å². The number of pyridine rings is 1. The molecule has 1 saturated heterocycles. The van der Waals surface area contributed by atoms with Crippen molar-refractivity contribution in [1.82, 2.24) is 4.98 Å². The van der Waals surface area contributed by atoms with Gasteiger partial charge in [-0.05, 0) is 39.3 Å². The van der Waals surface area contributed by atoms with Crippen molar-refractivity contribution in [2.75, 3.05) is 5.73 Å². The van der Waals surface area contributed by atoms with E-state index in [0.717, 1.165) is 5.56 Å². The Bertz CT molecular complexity index is 521. The van der Waals surface area contributed by atoms with Gasteiger partial charge in [0.05, 0.1) is 35.0 Å². The summed E-state index contributed by atoms with van der Waals surface area (Å²) in [7, 11) is -0.561. The highest BCUT2D eigenvalue weighted by Gasteiger charge is 2.52. The smallest absolute Gasteiger partial charge is 0.398 e. The average molecular weight is 259 g/mol. The number of rotatable bonds is 2. The van der Waals surface area contributed by atoms with Crippen LogP contribution in [0.25, 0.3) is 0 Å². The molecule has 0 unspecified atom stereocenters. The summed E-state index contributed by atoms with van der Waals surface area (Å²) < 4.78 is 11.9. The Morgan fingerprint density at radius 3 is 2.42 bits per heavy atom. The van der Waals surface area contributed by atoms with Crippen LogP contribution in [0.3, 0.4) is 0 Å². The van der Waals surface area contributed by atoms with E-state index in [1.807, 2.05) is 27.7 Å². The highest BCUT2D eigenvalue weighted by molar-refractivity contribution is 6.61. The first kappa shape index (κ1) is 13.8. The summed E-state index contributed by atoms with van der Waals surface area (Å²) in [5.74, 6) is 0. The molecule has 0 atom stereocenters. The first-order chi connectivity index (χ1) is 8.77. The van der Waals surface area contributed by atoms with Crippen LogP contribution in [-0.2, 0) is 15.7 Å². The normalized spacial score (nSPS) is 20.3. The van der Waals surface area contributed by atoms with Gasteiger partial charge in [-0.2, -0.15) is 5.26 Å². The van der Waals surface area contributed by atoms with Gasteiger partial charge < -0.3 is 15.0 Å². The average Bonchev–Trinajstić information content (AvgIpc) is 2.48. The summed E-state index contributed by atoms with van der Waals surface area (Å²) in [4.78, 5) is 4.28. The maximum atomic E-state index is 8.88. The zero-order chi connectivity index (χ0) is 14.3. The van der Waals surface area contributed by atoms with Crippen LogP contribution in [0.5, 0.6) is 0 Å². The number of hydrogen-bond acceptors (Lipinski definition) is 5. The largest absolute Gasteiger partial charge is 0.514 e. The quantitative estimate of drug-likeness (QED) is 0.802. The van der Waals surface area contributed by atoms with Gasteiger partial charge in [0.1, 0.15) is 0 Å². The van der Waals surface area contributed by atoms with Crippen LogP contribution in [0, 0.1) is 11.3 Å². The van der Waals surface area contributed by atoms with Crippen molar-refractivity contribution in [2.45, 2.75) is 45.3 Å². The lowest BCUT2D eigenvalue weighted by Gasteiger charge is -2.32. The Morgan fingerprint density at radius 2 is 1.89 bits per heavy atom. The van der Waals surface area contributed by atoms with Crippen molar-refractivity contribution < 1.29 is 9.31 Å². The summed E-state index contributed by atoms with van der Waals surface area (Å²) in [5.41, 5.74) is 6.78. The molecule has 1 aromatic rings. The molecular weight excluding hydrogens is 241 g/mol. The van der Waals surface area contributed by atoms with E-state index < -0.39 is 18.3 Å². The molecule has 6 heteroatoms. The first-order valence-electron chi connectivity index (χ1n) is 6.24. The fraction of sp³-hybridized carbons (Fsp3) is 0.538. The highest BCUT2D eigenvalue weighted by Crippen LogP contribution is 2.36. The van der Waals surface area contributed by atoms with Crippen LogP contribution in [0.15, 0.2) is 12.3 Å². The van der Waals surface area contributed by atoms with Gasteiger partial charge in [-0.1, -0.05) is 0 Å². The molecule has 19 heavy (non-hydrogen) atoms. The monoisotopic (exact) mass is 259 g/mol. The topological polar surface area (TPSA) is 81.2 Å². The zero-order valence-corrected chi connectivity index (χ0v) is 11.7. The molecule has 1 aromatic heterocycles. The molecule has 0 amide bonds. The third-order valence-corrected chi connectivity index (χ3v) is 3.77. The molecule has 2 N–H and O–H groups in total. The zero-order valence-electron chi connectivity index (χ0n) is 11.7. The number of nitriles is 1. The molecule has 100 valence electrons. The van der Waals surface area contributed by atoms with Crippen molar-refractivity contribution in [2.24, 2.45) is 0 Å². The Morgan fingerprint density at radius 1 is 1.32 bits per heavy atom. The van der Waals surface area contributed by atoms with Gasteiger partial charge in [-0.15, -0.1) is 0 Å². The Hall–Kier alpha value is -1.58. The van der Waals surface area contributed by atoms with Crippen LogP contribution in [-0.4, -0.2) is 23.3 Å². The molecule has 5 nitrogen and oxygen atoms in total. The Balaban J connectivity index is 2.37. The molecule has 1 fully saturated rings. The maximum Gasteiger partial charge on any atom is 0.514 e. The fourth-order valence-corrected chi connectivity index (χ4v) is 1.93. The van der Waals surface area contributed by atoms with Gasteiger partial charge in [-0.3, -0.25) is 4.98 Å². The number of hydrogen-bond donors (Lipinski definition) is 1. The summed E-state index contributed by atoms with van der Waals surface area (Å²) in [6.45, 7) is 7.92. The van der Waals surface area contributed by atoms with E-state index in [2.05, 4.69) is 11.1 Å². The predicted octanol–water partition coefficient (Wildman–Crippen LogP) is 1.03. The fourth-order valence-electron chi connectivity index (χ4n) is 1.93. The minimum absolute atomic E-state index is 0.234. The number of nitrogens with zero attached hydrogens (tertiary/aromatic N) is 2. The highest BCUT2D eigenvalue weighted by atomic mass is 16.7. The van der Waals surface area contributed by atoms with E-state index in [9.17, 15) is 0 Å². The van der Waals surface area contributed by atoms with E-state index in [4.69, 9.17) is 20.3 Å². The second kappa shape index (κ2) is 4.51. The first-order valence-corrected chi connectivity index (χ1v) is 6.24. The van der Waals surface area contributed by atoms with Crippen LogP contribution >= 0.6 is 0 Å². The SMILES string of the molecule is CC1(C)OB(c2ncc(N)cc2CC#N)OC1(C)C. The summed E-state index contributed by atoms with van der Waals surface area (Å²) in [6, 6.07) is 3.86. The molecule has 0 saturated carbocycles. The van der Waals surface area contributed by atoms with E-state index in [1.54, 1.807) is 12.3 Å². The second-order valence-electron chi connectivity index (χ2n) is 5.74. The molecule has 1 aliphatic rings. The summed E-state index contributed by atoms with van der Waals surface area (Å²) >= 11 is 0. The van der Waals surface area contributed by atoms with E-state index in [1.165, 1.54) is 0 Å². The van der Waals surface area contributed by atoms with Gasteiger partial charge in [-0.25, -0.2) is 0 Å². The van der Waals surface area contributed by atoms with Crippen molar-refractivity contribution in [3.8, 4) is 6.07 Å². The van der Waals surface area contributed by atoms with Crippen molar-refractivity contribution >= 4 is 18.4 Å². The number of anilines is 1. The molecule has 0 radical (unpaired) electrons. The summed E-state index contributed by atoms with van der Waals surface area (Å²) in [6.07, 6.45) is 1.79. The lowest BCUT2D eigenvalue weighted by Crippen LogP contribution is -2.41. The Kier molecular flexibility index (Phi) is 3.29. The van der Waals surface area contributed by atoms with E-state index >= 15 is 0 Å². The van der Waals surface area contributed by atoms with E-state index in [-0.39, 0.29) is 6.42 Å². The molecule has 1 aliphatic heterocycles. The number of nitrogens with two attached hydrogens (primary N) is 1. The summed E-state index contributed by atoms with van der Waals surface area (Å²) in [5, 5.41) is 8.88. The van der Waals surface area contributed by atoms with Gasteiger partial charge in [0, 0.05) is 6.20 Å². The van der Waals surface area contributed by atoms with Crippen LogP contribution < -0.4 is 11.3 Å². The minimum atomic E-state index is -0.561. The van der Waals surface area contributed by atoms with Gasteiger partial charge in [0.2, 0.25) is 0 Å². The van der Waals surface area contributed by atoms with Crippen LogP contribution in [0.2, 0.25) is 0 Å². The second-order valence-corrected chi connectivity index (χ2v) is 5.74. The van der Waals surface area contributed by atoms with Crippen molar-refractivity contribution in [3.05, 3.63) is 17.8 Å². The van der Waals surface area contributed by atoms with Gasteiger partial charge in [0.15, 0.2) is 0 Å². The molecule has 0 aliphatic carbocycles. The van der Waals surface area contributed by atoms with Crippen LogP contribution in [0.4, 0.5) is 5.69 Å². The molecule has 0 bridgehead atoms. The third kappa shape index (κ3) is 2.44.